The van der Waals surface area contributed by atoms with Crippen molar-refractivity contribution in [2.45, 2.75) is 59.4 Å². The summed E-state index contributed by atoms with van der Waals surface area (Å²) in [5.41, 5.74) is 4.44. The summed E-state index contributed by atoms with van der Waals surface area (Å²) in [7, 11) is 0. The van der Waals surface area contributed by atoms with Crippen molar-refractivity contribution < 1.29 is 9.85 Å². The number of aromatic amines is 1. The lowest BCUT2D eigenvalue weighted by atomic mass is 9.85. The number of nitrogens with zero attached hydrogens (tertiary/aromatic N) is 2. The van der Waals surface area contributed by atoms with Crippen LogP contribution in [0, 0.1) is 25.6 Å². The number of nitro groups is 2. The molecule has 0 saturated carbocycles. The molecule has 0 radical (unpaired) electrons. The van der Waals surface area contributed by atoms with Crippen LogP contribution < -0.4 is 5.32 Å². The van der Waals surface area contributed by atoms with Crippen LogP contribution in [0.25, 0.3) is 10.9 Å². The molecule has 170 valence electrons. The van der Waals surface area contributed by atoms with Gasteiger partial charge in [-0.05, 0) is 29.5 Å². The van der Waals surface area contributed by atoms with Crippen molar-refractivity contribution in [2.24, 2.45) is 5.41 Å². The number of nitrogens with one attached hydrogen (secondary N) is 2. The van der Waals surface area contributed by atoms with Gasteiger partial charge in [-0.2, -0.15) is 0 Å². The van der Waals surface area contributed by atoms with Gasteiger partial charge >= 0.3 is 0 Å². The number of rotatable bonds is 2. The number of anilines is 1. The average Bonchev–Trinajstić information content (AvgIpc) is 3.30. The Morgan fingerprint density at radius 3 is 2.03 bits per heavy atom. The Bertz CT molecular complexity index is 1170. The zero-order valence-electron chi connectivity index (χ0n) is 19.4. The summed E-state index contributed by atoms with van der Waals surface area (Å²) in [5.74, 6) is 0. The highest BCUT2D eigenvalue weighted by Crippen LogP contribution is 2.36. The molecule has 0 fully saturated rings. The van der Waals surface area contributed by atoms with Gasteiger partial charge in [0.1, 0.15) is 0 Å². The number of nitro benzene ring substituents is 2. The maximum atomic E-state index is 10.7. The second kappa shape index (κ2) is 8.26. The molecule has 4 rings (SSSR count). The number of aromatic nitrogens is 1. The van der Waals surface area contributed by atoms with E-state index in [0.717, 1.165) is 28.7 Å². The fraction of sp³-hybridized carbons (Fsp3) is 0.417. The molecule has 0 saturated heterocycles. The van der Waals surface area contributed by atoms with E-state index in [9.17, 15) is 20.2 Å². The fourth-order valence-corrected chi connectivity index (χ4v) is 3.60. The van der Waals surface area contributed by atoms with E-state index in [1.807, 2.05) is 12.1 Å². The molecule has 1 aliphatic rings. The second-order valence-corrected chi connectivity index (χ2v) is 10.3. The van der Waals surface area contributed by atoms with Crippen molar-refractivity contribution in [2.75, 3.05) is 5.32 Å². The Labute approximate surface area is 187 Å². The van der Waals surface area contributed by atoms with Gasteiger partial charge in [-0.15, -0.1) is 0 Å². The molecule has 32 heavy (non-hydrogen) atoms. The number of hydrogen-bond donors (Lipinski definition) is 2. The highest BCUT2D eigenvalue weighted by atomic mass is 16.6. The summed E-state index contributed by atoms with van der Waals surface area (Å²) >= 11 is 0. The highest BCUT2D eigenvalue weighted by Gasteiger charge is 2.31. The third kappa shape index (κ3) is 5.07. The van der Waals surface area contributed by atoms with Gasteiger partial charge in [-0.3, -0.25) is 20.2 Å². The minimum Gasteiger partial charge on any atom is -0.381 e. The van der Waals surface area contributed by atoms with Crippen LogP contribution >= 0.6 is 0 Å². The Kier molecular flexibility index (Phi) is 6.00. The van der Waals surface area contributed by atoms with E-state index in [0.29, 0.717) is 6.04 Å². The first-order valence-electron chi connectivity index (χ1n) is 10.6. The smallest absolute Gasteiger partial charge is 0.271 e. The summed E-state index contributed by atoms with van der Waals surface area (Å²) < 4.78 is 0. The van der Waals surface area contributed by atoms with Crippen molar-refractivity contribution in [3.05, 3.63) is 74.0 Å². The largest absolute Gasteiger partial charge is 0.381 e. The maximum absolute atomic E-state index is 10.7. The molecule has 1 aliphatic heterocycles. The number of hydrogen-bond acceptors (Lipinski definition) is 5. The van der Waals surface area contributed by atoms with Gasteiger partial charge in [-0.25, -0.2) is 0 Å². The van der Waals surface area contributed by atoms with Gasteiger partial charge in [-0.1, -0.05) is 47.6 Å². The molecule has 0 amide bonds. The predicted molar refractivity (Wildman–Crippen MR) is 127 cm³/mol. The summed E-state index contributed by atoms with van der Waals surface area (Å²) in [6.07, 6.45) is 0.941. The molecule has 0 spiro atoms. The van der Waals surface area contributed by atoms with E-state index in [1.54, 1.807) is 24.3 Å². The Balaban J connectivity index is 0.000000181. The minimum absolute atomic E-state index is 0.0216. The van der Waals surface area contributed by atoms with Crippen LogP contribution in [0.15, 0.2) is 42.5 Å². The lowest BCUT2D eigenvalue weighted by molar-refractivity contribution is -0.384. The summed E-state index contributed by atoms with van der Waals surface area (Å²) in [5, 5.41) is 25.7. The summed E-state index contributed by atoms with van der Waals surface area (Å²) in [4.78, 5) is 23.8. The van der Waals surface area contributed by atoms with Gasteiger partial charge in [0.25, 0.3) is 11.4 Å². The van der Waals surface area contributed by atoms with Crippen LogP contribution in [0.3, 0.4) is 0 Å². The number of non-ortho nitro benzene ring substituents is 2. The number of H-pyrrole nitrogens is 1. The van der Waals surface area contributed by atoms with Crippen LogP contribution in [0.4, 0.5) is 17.1 Å². The fourth-order valence-electron chi connectivity index (χ4n) is 3.60. The van der Waals surface area contributed by atoms with Crippen LogP contribution in [0.5, 0.6) is 0 Å². The quantitative estimate of drug-likeness (QED) is 0.357. The molecule has 1 unspecified atom stereocenters. The average molecular weight is 439 g/mol. The first-order chi connectivity index (χ1) is 14.8. The standard InChI is InChI=1S/C12H16N2O2.C12H14N2O2/c2*1-12(2,3)11-6-8-4-5-9(14(15)16)7-10(8)13-11/h4-5,7,11,13H,6H2,1-3H3;4-7,13H,1-3H3. The van der Waals surface area contributed by atoms with Crippen molar-refractivity contribution in [1.29, 1.82) is 0 Å². The zero-order chi connectivity index (χ0) is 23.8. The Morgan fingerprint density at radius 1 is 0.875 bits per heavy atom. The third-order valence-corrected chi connectivity index (χ3v) is 5.73. The Hall–Kier alpha value is -3.42. The van der Waals surface area contributed by atoms with Crippen molar-refractivity contribution >= 4 is 28.0 Å². The molecule has 0 bridgehead atoms. The molecular weight excluding hydrogens is 408 g/mol. The van der Waals surface area contributed by atoms with E-state index in [-0.39, 0.29) is 32.1 Å². The van der Waals surface area contributed by atoms with Gasteiger partial charge in [0.2, 0.25) is 0 Å². The monoisotopic (exact) mass is 438 g/mol. The maximum Gasteiger partial charge on any atom is 0.271 e. The van der Waals surface area contributed by atoms with Crippen LogP contribution in [-0.4, -0.2) is 20.9 Å². The minimum atomic E-state index is -0.378. The molecule has 1 aromatic heterocycles. The molecule has 1 atom stereocenters. The lowest BCUT2D eigenvalue weighted by Gasteiger charge is -2.27. The SMILES string of the molecule is CC(C)(C)C1Cc2ccc([N+](=O)[O-])cc2N1.CC(C)(C)c1cc2ccc([N+](=O)[O-])cc2[nH]1. The molecule has 0 aliphatic carbocycles. The highest BCUT2D eigenvalue weighted by molar-refractivity contribution is 5.82. The molecular formula is C24H30N4O4. The van der Waals surface area contributed by atoms with E-state index in [2.05, 4.69) is 51.8 Å². The zero-order valence-corrected chi connectivity index (χ0v) is 19.4. The molecule has 2 heterocycles. The molecule has 3 aromatic rings. The van der Waals surface area contributed by atoms with Crippen LogP contribution in [0.2, 0.25) is 0 Å². The van der Waals surface area contributed by atoms with E-state index >= 15 is 0 Å². The van der Waals surface area contributed by atoms with E-state index in [4.69, 9.17) is 0 Å². The molecule has 2 aromatic carbocycles. The van der Waals surface area contributed by atoms with Crippen molar-refractivity contribution in [3.63, 3.8) is 0 Å². The molecule has 8 nitrogen and oxygen atoms in total. The lowest BCUT2D eigenvalue weighted by Crippen LogP contribution is -2.31. The van der Waals surface area contributed by atoms with Crippen molar-refractivity contribution in [3.8, 4) is 0 Å². The van der Waals surface area contributed by atoms with E-state index < -0.39 is 0 Å². The number of benzene rings is 2. The molecule has 2 N–H and O–H groups in total. The van der Waals surface area contributed by atoms with E-state index in [1.165, 1.54) is 11.6 Å². The van der Waals surface area contributed by atoms with Gasteiger partial charge in [0, 0.05) is 52.5 Å². The topological polar surface area (TPSA) is 114 Å². The van der Waals surface area contributed by atoms with Gasteiger partial charge in [0.15, 0.2) is 0 Å². The van der Waals surface area contributed by atoms with Gasteiger partial charge in [0.05, 0.1) is 15.4 Å². The summed E-state index contributed by atoms with van der Waals surface area (Å²) in [6, 6.07) is 12.3. The first-order valence-corrected chi connectivity index (χ1v) is 10.6. The van der Waals surface area contributed by atoms with Crippen LogP contribution in [0.1, 0.15) is 52.8 Å². The normalized spacial score (nSPS) is 15.5. The summed E-state index contributed by atoms with van der Waals surface area (Å²) in [6.45, 7) is 12.8. The van der Waals surface area contributed by atoms with Crippen molar-refractivity contribution in [1.82, 2.24) is 4.98 Å². The number of fused-ring (bicyclic) bond motifs is 2. The third-order valence-electron chi connectivity index (χ3n) is 5.73. The predicted octanol–water partition coefficient (Wildman–Crippen LogP) is 6.35. The Morgan fingerprint density at radius 2 is 1.47 bits per heavy atom. The van der Waals surface area contributed by atoms with Crippen LogP contribution in [-0.2, 0) is 11.8 Å². The molecule has 8 heteroatoms. The van der Waals surface area contributed by atoms with Gasteiger partial charge < -0.3 is 10.3 Å². The second-order valence-electron chi connectivity index (χ2n) is 10.3. The first kappa shape index (κ1) is 23.2.